The van der Waals surface area contributed by atoms with Crippen molar-refractivity contribution >= 4 is 11.8 Å². The first-order valence-corrected chi connectivity index (χ1v) is 8.83. The second-order valence-corrected chi connectivity index (χ2v) is 6.31. The first-order valence-electron chi connectivity index (χ1n) is 8.83. The number of hydrogen-bond acceptors (Lipinski definition) is 7. The van der Waals surface area contributed by atoms with Gasteiger partial charge in [0, 0.05) is 38.7 Å². The summed E-state index contributed by atoms with van der Waals surface area (Å²) in [6, 6.07) is 11.9. The highest BCUT2D eigenvalue weighted by Crippen LogP contribution is 2.32. The van der Waals surface area contributed by atoms with Crippen molar-refractivity contribution in [1.29, 1.82) is 0 Å². The van der Waals surface area contributed by atoms with Crippen LogP contribution in [-0.4, -0.2) is 35.3 Å². The molecule has 0 radical (unpaired) electrons. The average molecular weight is 363 g/mol. The topological polar surface area (TPSA) is 72.4 Å². The molecule has 0 spiro atoms. The van der Waals surface area contributed by atoms with Crippen molar-refractivity contribution in [2.75, 3.05) is 30.6 Å². The monoisotopic (exact) mass is 363 g/mol. The summed E-state index contributed by atoms with van der Waals surface area (Å²) < 4.78 is 10.8. The van der Waals surface area contributed by atoms with Crippen LogP contribution >= 0.6 is 0 Å². The van der Waals surface area contributed by atoms with E-state index in [4.69, 9.17) is 9.47 Å². The van der Waals surface area contributed by atoms with E-state index < -0.39 is 0 Å². The molecule has 3 aromatic rings. The number of fused-ring (bicyclic) bond motifs is 1. The van der Waals surface area contributed by atoms with E-state index in [1.807, 2.05) is 55.8 Å². The molecule has 4 rings (SSSR count). The highest BCUT2D eigenvalue weighted by atomic mass is 16.7. The Hall–Kier alpha value is -3.35. The maximum Gasteiger partial charge on any atom is 0.231 e. The Kier molecular flexibility index (Phi) is 5.00. The number of rotatable bonds is 7. The number of nitrogens with zero attached hydrogens (tertiary/aromatic N) is 4. The molecule has 0 saturated heterocycles. The predicted molar refractivity (Wildman–Crippen MR) is 103 cm³/mol. The Balaban J connectivity index is 1.35. The van der Waals surface area contributed by atoms with Crippen molar-refractivity contribution in [3.63, 3.8) is 0 Å². The molecule has 2 aromatic heterocycles. The summed E-state index contributed by atoms with van der Waals surface area (Å²) >= 11 is 0. The van der Waals surface area contributed by atoms with Gasteiger partial charge in [0.05, 0.1) is 0 Å². The maximum atomic E-state index is 5.41. The third-order valence-corrected chi connectivity index (χ3v) is 4.40. The zero-order valence-corrected chi connectivity index (χ0v) is 15.1. The zero-order valence-electron chi connectivity index (χ0n) is 15.1. The quantitative estimate of drug-likeness (QED) is 0.692. The predicted octanol–water partition coefficient (Wildman–Crippen LogP) is 2.89. The Morgan fingerprint density at radius 3 is 2.74 bits per heavy atom. The molecule has 27 heavy (non-hydrogen) atoms. The molecule has 138 valence electrons. The Morgan fingerprint density at radius 2 is 1.85 bits per heavy atom. The lowest BCUT2D eigenvalue weighted by Crippen LogP contribution is -2.22. The first kappa shape index (κ1) is 17.1. The number of benzene rings is 1. The fraction of sp³-hybridized carbons (Fsp3) is 0.250. The smallest absolute Gasteiger partial charge is 0.231 e. The zero-order chi connectivity index (χ0) is 18.5. The van der Waals surface area contributed by atoms with Crippen LogP contribution in [0.3, 0.4) is 0 Å². The highest BCUT2D eigenvalue weighted by Gasteiger charge is 2.13. The van der Waals surface area contributed by atoms with Crippen molar-refractivity contribution in [3.8, 4) is 11.5 Å². The molecule has 7 nitrogen and oxygen atoms in total. The van der Waals surface area contributed by atoms with Crippen LogP contribution in [0.5, 0.6) is 11.5 Å². The van der Waals surface area contributed by atoms with Crippen LogP contribution in [0.25, 0.3) is 0 Å². The van der Waals surface area contributed by atoms with Crippen LogP contribution in [0, 0.1) is 0 Å². The largest absolute Gasteiger partial charge is 0.454 e. The normalized spacial score (nSPS) is 12.0. The van der Waals surface area contributed by atoms with Crippen molar-refractivity contribution in [3.05, 3.63) is 66.1 Å². The minimum absolute atomic E-state index is 0.281. The van der Waals surface area contributed by atoms with Gasteiger partial charge in [-0.3, -0.25) is 4.98 Å². The summed E-state index contributed by atoms with van der Waals surface area (Å²) in [7, 11) is 2.03. The van der Waals surface area contributed by atoms with Gasteiger partial charge in [0.1, 0.15) is 5.82 Å². The van der Waals surface area contributed by atoms with Gasteiger partial charge in [-0.15, -0.1) is 0 Å². The fourth-order valence-corrected chi connectivity index (χ4v) is 2.84. The van der Waals surface area contributed by atoms with E-state index >= 15 is 0 Å². The van der Waals surface area contributed by atoms with Gasteiger partial charge in [0.2, 0.25) is 12.7 Å². The van der Waals surface area contributed by atoms with Crippen LogP contribution in [0.1, 0.15) is 11.1 Å². The Labute approximate surface area is 158 Å². The van der Waals surface area contributed by atoms with E-state index in [0.717, 1.165) is 35.8 Å². The molecule has 0 saturated carbocycles. The van der Waals surface area contributed by atoms with Crippen molar-refractivity contribution in [2.45, 2.75) is 13.0 Å². The molecule has 0 atom stereocenters. The van der Waals surface area contributed by atoms with Crippen LogP contribution in [0.4, 0.5) is 11.8 Å². The summed E-state index contributed by atoms with van der Waals surface area (Å²) in [5.41, 5.74) is 2.34. The van der Waals surface area contributed by atoms with E-state index in [1.54, 1.807) is 6.20 Å². The molecule has 0 aliphatic carbocycles. The highest BCUT2D eigenvalue weighted by molar-refractivity contribution is 5.46. The number of hydrogen-bond donors (Lipinski definition) is 1. The number of pyridine rings is 1. The standard InChI is InChI=1S/C20H21N5O2/c1-25(11-7-15-4-8-21-9-5-15)19-6-10-22-20(24-19)23-13-16-2-3-17-18(12-16)27-14-26-17/h2-6,8-10,12H,7,11,13-14H2,1H3,(H,22,23,24). The third-order valence-electron chi connectivity index (χ3n) is 4.40. The van der Waals surface area contributed by atoms with Crippen LogP contribution in [-0.2, 0) is 13.0 Å². The first-order chi connectivity index (χ1) is 13.3. The molecule has 0 bridgehead atoms. The SMILES string of the molecule is CN(CCc1ccncc1)c1ccnc(NCc2ccc3c(c2)OCO3)n1. The van der Waals surface area contributed by atoms with E-state index in [-0.39, 0.29) is 6.79 Å². The average Bonchev–Trinajstić information content (AvgIpc) is 3.19. The second-order valence-electron chi connectivity index (χ2n) is 6.31. The summed E-state index contributed by atoms with van der Waals surface area (Å²) in [6.45, 7) is 1.76. The molecule has 1 aliphatic heterocycles. The molecule has 1 aromatic carbocycles. The van der Waals surface area contributed by atoms with Gasteiger partial charge >= 0.3 is 0 Å². The van der Waals surface area contributed by atoms with Gasteiger partial charge in [-0.1, -0.05) is 6.07 Å². The lowest BCUT2D eigenvalue weighted by atomic mass is 10.2. The lowest BCUT2D eigenvalue weighted by Gasteiger charge is -2.18. The summed E-state index contributed by atoms with van der Waals surface area (Å²) in [5.74, 6) is 3.04. The number of nitrogens with one attached hydrogen (secondary N) is 1. The molecule has 7 heteroatoms. The van der Waals surface area contributed by atoms with Crippen molar-refractivity contribution < 1.29 is 9.47 Å². The molecule has 3 heterocycles. The minimum Gasteiger partial charge on any atom is -0.454 e. The Morgan fingerprint density at radius 1 is 1.00 bits per heavy atom. The van der Waals surface area contributed by atoms with E-state index in [1.165, 1.54) is 5.56 Å². The van der Waals surface area contributed by atoms with Gasteiger partial charge in [0.25, 0.3) is 0 Å². The van der Waals surface area contributed by atoms with Gasteiger partial charge < -0.3 is 19.7 Å². The Bertz CT molecular complexity index is 904. The number of aromatic nitrogens is 3. The summed E-state index contributed by atoms with van der Waals surface area (Å²) in [5, 5.41) is 3.27. The molecular weight excluding hydrogens is 342 g/mol. The molecule has 1 N–H and O–H groups in total. The summed E-state index contributed by atoms with van der Waals surface area (Å²) in [4.78, 5) is 15.1. The van der Waals surface area contributed by atoms with Crippen LogP contribution in [0.15, 0.2) is 55.0 Å². The molecule has 0 fully saturated rings. The van der Waals surface area contributed by atoms with Crippen LogP contribution in [0.2, 0.25) is 0 Å². The van der Waals surface area contributed by atoms with E-state index in [9.17, 15) is 0 Å². The van der Waals surface area contributed by atoms with Gasteiger partial charge in [-0.25, -0.2) is 4.98 Å². The molecule has 0 unspecified atom stereocenters. The lowest BCUT2D eigenvalue weighted by molar-refractivity contribution is 0.174. The third kappa shape index (κ3) is 4.25. The molecule has 1 aliphatic rings. The summed E-state index contributed by atoms with van der Waals surface area (Å²) in [6.07, 6.45) is 6.34. The van der Waals surface area contributed by atoms with Crippen molar-refractivity contribution in [2.24, 2.45) is 0 Å². The second kappa shape index (κ2) is 7.90. The number of ether oxygens (including phenoxy) is 2. The van der Waals surface area contributed by atoms with Crippen LogP contribution < -0.4 is 19.7 Å². The fourth-order valence-electron chi connectivity index (χ4n) is 2.84. The van der Waals surface area contributed by atoms with Gasteiger partial charge in [-0.2, -0.15) is 4.98 Å². The minimum atomic E-state index is 0.281. The van der Waals surface area contributed by atoms with E-state index in [0.29, 0.717) is 12.5 Å². The molecule has 0 amide bonds. The van der Waals surface area contributed by atoms with Crippen molar-refractivity contribution in [1.82, 2.24) is 15.0 Å². The van der Waals surface area contributed by atoms with E-state index in [2.05, 4.69) is 25.2 Å². The number of likely N-dealkylation sites (N-methyl/N-ethyl adjacent to an activating group) is 1. The van der Waals surface area contributed by atoms with Gasteiger partial charge in [0.15, 0.2) is 11.5 Å². The number of anilines is 2. The van der Waals surface area contributed by atoms with Gasteiger partial charge in [-0.05, 0) is 47.9 Å². The maximum absolute atomic E-state index is 5.41. The molecular formula is C20H21N5O2.